The van der Waals surface area contributed by atoms with Crippen LogP contribution in [-0.4, -0.2) is 35.7 Å². The van der Waals surface area contributed by atoms with Crippen molar-refractivity contribution >= 4 is 46.9 Å². The Morgan fingerprint density at radius 1 is 0.870 bits per heavy atom. The predicted octanol–water partition coefficient (Wildman–Crippen LogP) is 6.62. The van der Waals surface area contributed by atoms with E-state index in [1.165, 1.54) is 34.6 Å². The number of nitrogens with zero attached hydrogens (tertiary/aromatic N) is 2. The van der Waals surface area contributed by atoms with Crippen molar-refractivity contribution in [1.29, 1.82) is 0 Å². The molecule has 6 rings (SSSR count). The molecule has 2 aliphatic heterocycles. The maximum absolute atomic E-state index is 13.8. The molecular weight excluding hydrogens is 589 g/mol. The molecule has 4 aromatic rings. The largest absolute Gasteiger partial charge is 0.364 e. The maximum atomic E-state index is 13.8. The lowest BCUT2D eigenvalue weighted by Crippen LogP contribution is -2.66. The first kappa shape index (κ1) is 32.1. The minimum atomic E-state index is -0.416. The summed E-state index contributed by atoms with van der Waals surface area (Å²) >= 11 is 1.49. The minimum Gasteiger partial charge on any atom is -0.364 e. The molecular formula is C40H45N2O3S+. The number of aldehydes is 1. The van der Waals surface area contributed by atoms with Gasteiger partial charge in [-0.2, -0.15) is 4.58 Å². The second-order valence-corrected chi connectivity index (χ2v) is 15.1. The molecule has 0 amide bonds. The maximum Gasteiger partial charge on any atom is 0.209 e. The summed E-state index contributed by atoms with van der Waals surface area (Å²) in [6.07, 6.45) is 10.2. The number of hydrogen-bond acceptors (Lipinski definition) is 5. The molecule has 5 nitrogen and oxygen atoms in total. The zero-order chi connectivity index (χ0) is 32.8. The van der Waals surface area contributed by atoms with Crippen LogP contribution in [0.4, 0.5) is 11.4 Å². The average molecular weight is 634 g/mol. The van der Waals surface area contributed by atoms with Crippen LogP contribution >= 0.6 is 11.3 Å². The summed E-state index contributed by atoms with van der Waals surface area (Å²) in [4.78, 5) is 43.1. The first-order chi connectivity index (χ1) is 22.0. The topological polar surface area (TPSA) is 57.5 Å². The lowest BCUT2D eigenvalue weighted by Gasteiger charge is -2.32. The smallest absolute Gasteiger partial charge is 0.209 e. The van der Waals surface area contributed by atoms with Crippen LogP contribution in [-0.2, 0) is 10.8 Å². The van der Waals surface area contributed by atoms with E-state index in [1.54, 1.807) is 0 Å². The number of unbranched alkanes of at least 4 members (excludes halogenated alkanes) is 3. The van der Waals surface area contributed by atoms with E-state index in [-0.39, 0.29) is 27.5 Å². The van der Waals surface area contributed by atoms with Gasteiger partial charge in [-0.3, -0.25) is 14.4 Å². The fourth-order valence-corrected chi connectivity index (χ4v) is 8.39. The highest BCUT2D eigenvalue weighted by atomic mass is 32.1. The van der Waals surface area contributed by atoms with E-state index in [1.807, 2.05) is 24.3 Å². The van der Waals surface area contributed by atoms with E-state index in [0.717, 1.165) is 66.9 Å². The van der Waals surface area contributed by atoms with E-state index < -0.39 is 5.41 Å². The standard InChI is InChI=1S/C40H45N2O3S/c1-7-9-10-13-21-42-33-18-16-26(34-19-17-27(25-43)46-34)22-31(33)40(5,6)36(42)24-29-37(44)28(38(29)45)23-35-39(3,4)30-14-11-12-15-32(30)41(35)20-8-2/h11-12,14-19,22-25,35H,7-10,13,20-21H2,1-6H3/q+1. The fourth-order valence-electron chi connectivity index (χ4n) is 7.58. The molecule has 0 saturated carbocycles. The third-order valence-corrected chi connectivity index (χ3v) is 11.2. The highest BCUT2D eigenvalue weighted by Gasteiger charge is 2.45. The number of carbonyl (C=O) groups is 1. The first-order valence-corrected chi connectivity index (χ1v) is 17.6. The summed E-state index contributed by atoms with van der Waals surface area (Å²) in [5.74, 6) is 0. The fraction of sp³-hybridized carbons (Fsp3) is 0.400. The van der Waals surface area contributed by atoms with Crippen LogP contribution in [0.3, 0.4) is 0 Å². The number of para-hydroxylation sites is 1. The Balaban J connectivity index is 1.43. The number of thiophene rings is 1. The van der Waals surface area contributed by atoms with Crippen LogP contribution < -0.4 is 26.2 Å². The second-order valence-electron chi connectivity index (χ2n) is 13.9. The number of benzene rings is 2. The Morgan fingerprint density at radius 3 is 2.33 bits per heavy atom. The number of rotatable bonds is 11. The van der Waals surface area contributed by atoms with E-state index >= 15 is 0 Å². The van der Waals surface area contributed by atoms with Gasteiger partial charge in [-0.15, -0.1) is 11.3 Å². The highest BCUT2D eigenvalue weighted by Crippen LogP contribution is 2.46. The molecule has 238 valence electrons. The zero-order valence-electron chi connectivity index (χ0n) is 28.0. The van der Waals surface area contributed by atoms with Gasteiger partial charge in [-0.05, 0) is 74.2 Å². The summed E-state index contributed by atoms with van der Waals surface area (Å²) < 4.78 is 2.33. The van der Waals surface area contributed by atoms with Crippen molar-refractivity contribution in [3.63, 3.8) is 0 Å². The van der Waals surface area contributed by atoms with Gasteiger partial charge in [0.1, 0.15) is 6.54 Å². The molecule has 0 radical (unpaired) electrons. The lowest BCUT2D eigenvalue weighted by molar-refractivity contribution is -0.437. The summed E-state index contributed by atoms with van der Waals surface area (Å²) in [5.41, 5.74) is 5.85. The molecule has 0 N–H and O–H groups in total. The summed E-state index contributed by atoms with van der Waals surface area (Å²) in [6.45, 7) is 14.9. The molecule has 1 aromatic heterocycles. The summed E-state index contributed by atoms with van der Waals surface area (Å²) in [6, 6.07) is 18.7. The number of hydrogen-bond donors (Lipinski definition) is 0. The minimum absolute atomic E-state index is 0.0698. The Morgan fingerprint density at radius 2 is 1.63 bits per heavy atom. The Labute approximate surface area is 275 Å². The Bertz CT molecular complexity index is 2000. The molecule has 3 aromatic carbocycles. The normalized spacial score (nSPS) is 17.8. The molecule has 0 saturated heterocycles. The molecule has 0 bridgehead atoms. The SMILES string of the molecule is CCCCCC[N+]1=C(C=c2c(=O)c(=CC3N(CCC)c4ccccc4C3(C)C)c2=O)C(C)(C)c2cc(-c3ccc(C=O)s3)ccc21. The molecule has 0 spiro atoms. The Hall–Kier alpha value is -3.90. The Kier molecular flexibility index (Phi) is 8.62. The number of anilines is 1. The molecule has 1 unspecified atom stereocenters. The van der Waals surface area contributed by atoms with Crippen LogP contribution in [0, 0.1) is 0 Å². The molecule has 46 heavy (non-hydrogen) atoms. The van der Waals surface area contributed by atoms with Gasteiger partial charge in [0.15, 0.2) is 12.0 Å². The van der Waals surface area contributed by atoms with E-state index in [2.05, 4.69) is 93.5 Å². The van der Waals surface area contributed by atoms with Gasteiger partial charge in [0, 0.05) is 46.7 Å². The van der Waals surface area contributed by atoms with Gasteiger partial charge in [0.05, 0.1) is 26.8 Å². The first-order valence-electron chi connectivity index (χ1n) is 16.8. The second kappa shape index (κ2) is 12.4. The van der Waals surface area contributed by atoms with Crippen molar-refractivity contribution in [2.75, 3.05) is 18.0 Å². The van der Waals surface area contributed by atoms with Crippen LogP contribution in [0.5, 0.6) is 0 Å². The monoisotopic (exact) mass is 633 g/mol. The average Bonchev–Trinajstić information content (AvgIpc) is 3.67. The van der Waals surface area contributed by atoms with Gasteiger partial charge in [0.25, 0.3) is 0 Å². The van der Waals surface area contributed by atoms with Gasteiger partial charge in [0.2, 0.25) is 16.5 Å². The van der Waals surface area contributed by atoms with E-state index in [9.17, 15) is 14.4 Å². The molecule has 3 heterocycles. The zero-order valence-corrected chi connectivity index (χ0v) is 28.8. The lowest BCUT2D eigenvalue weighted by atomic mass is 9.79. The van der Waals surface area contributed by atoms with Crippen LogP contribution in [0.15, 0.2) is 64.2 Å². The predicted molar refractivity (Wildman–Crippen MR) is 193 cm³/mol. The van der Waals surface area contributed by atoms with Gasteiger partial charge in [-0.1, -0.05) is 58.7 Å². The van der Waals surface area contributed by atoms with Crippen molar-refractivity contribution in [3.05, 3.63) is 101 Å². The van der Waals surface area contributed by atoms with Crippen molar-refractivity contribution < 1.29 is 9.37 Å². The van der Waals surface area contributed by atoms with Gasteiger partial charge >= 0.3 is 0 Å². The molecule has 0 fully saturated rings. The van der Waals surface area contributed by atoms with Gasteiger partial charge < -0.3 is 4.90 Å². The van der Waals surface area contributed by atoms with E-state index in [4.69, 9.17) is 0 Å². The quantitative estimate of drug-likeness (QED) is 0.106. The molecule has 0 aliphatic carbocycles. The van der Waals surface area contributed by atoms with Crippen molar-refractivity contribution in [1.82, 2.24) is 0 Å². The van der Waals surface area contributed by atoms with Crippen molar-refractivity contribution in [3.8, 4) is 10.4 Å². The van der Waals surface area contributed by atoms with Crippen molar-refractivity contribution in [2.24, 2.45) is 0 Å². The van der Waals surface area contributed by atoms with Crippen molar-refractivity contribution in [2.45, 2.75) is 90.5 Å². The van der Waals surface area contributed by atoms with Crippen LogP contribution in [0.1, 0.15) is 94.4 Å². The number of carbonyl (C=O) groups excluding carboxylic acids is 1. The molecule has 1 atom stereocenters. The summed E-state index contributed by atoms with van der Waals surface area (Å²) in [7, 11) is 0. The number of fused-ring (bicyclic) bond motifs is 2. The third-order valence-electron chi connectivity index (χ3n) is 10.2. The van der Waals surface area contributed by atoms with E-state index in [0.29, 0.717) is 10.1 Å². The van der Waals surface area contributed by atoms with Gasteiger partial charge in [-0.25, -0.2) is 0 Å². The molecule has 6 heteroatoms. The molecule has 2 aliphatic rings. The van der Waals surface area contributed by atoms with Crippen LogP contribution in [0.2, 0.25) is 0 Å². The highest BCUT2D eigenvalue weighted by molar-refractivity contribution is 7.17. The third kappa shape index (κ3) is 5.25. The van der Waals surface area contributed by atoms with Crippen LogP contribution in [0.25, 0.3) is 22.6 Å². The summed E-state index contributed by atoms with van der Waals surface area (Å²) in [5, 5.41) is 0.595.